The molecule has 0 bridgehead atoms. The fourth-order valence-electron chi connectivity index (χ4n) is 5.52. The third kappa shape index (κ3) is 5.79. The molecule has 6 nitrogen and oxygen atoms in total. The number of hydrogen-bond donors (Lipinski definition) is 0. The van der Waals surface area contributed by atoms with Crippen molar-refractivity contribution in [3.05, 3.63) is 87.6 Å². The highest BCUT2D eigenvalue weighted by atomic mass is 32.1. The Morgan fingerprint density at radius 2 is 1.79 bits per heavy atom. The summed E-state index contributed by atoms with van der Waals surface area (Å²) >= 11 is 1.81. The highest BCUT2D eigenvalue weighted by molar-refractivity contribution is 7.10. The Balaban J connectivity index is 1.20. The lowest BCUT2D eigenvalue weighted by Gasteiger charge is -2.42. The van der Waals surface area contributed by atoms with Gasteiger partial charge in [0.1, 0.15) is 5.75 Å². The number of amides is 2. The molecule has 1 fully saturated rings. The molecule has 2 aromatic carbocycles. The summed E-state index contributed by atoms with van der Waals surface area (Å²) in [5, 5.41) is 2.16. The summed E-state index contributed by atoms with van der Waals surface area (Å²) < 4.78 is 5.73. The molecule has 200 valence electrons. The van der Waals surface area contributed by atoms with E-state index in [1.807, 2.05) is 58.4 Å². The van der Waals surface area contributed by atoms with Crippen LogP contribution in [0.3, 0.4) is 0 Å². The van der Waals surface area contributed by atoms with E-state index < -0.39 is 0 Å². The van der Waals surface area contributed by atoms with Gasteiger partial charge in [0.05, 0.1) is 19.2 Å². The van der Waals surface area contributed by atoms with Crippen LogP contribution in [0.2, 0.25) is 0 Å². The minimum absolute atomic E-state index is 0.00914. The minimum atomic E-state index is -0.0459. The average molecular weight is 532 g/mol. The number of nitrogens with zero attached hydrogens (tertiary/aromatic N) is 3. The van der Waals surface area contributed by atoms with E-state index in [-0.39, 0.29) is 23.9 Å². The second-order valence-corrected chi connectivity index (χ2v) is 11.2. The SMILES string of the molecule is CCCCOc1ccc(C(=O)N2CCN(C(=O)CN3CCc4sccc4[C@H]3c3ccccc3)C[C@H]2C)cc1. The second kappa shape index (κ2) is 12.1. The molecule has 0 saturated carbocycles. The van der Waals surface area contributed by atoms with Gasteiger partial charge >= 0.3 is 0 Å². The molecular formula is C31H37N3O3S. The van der Waals surface area contributed by atoms with Gasteiger partial charge in [-0.3, -0.25) is 14.5 Å². The van der Waals surface area contributed by atoms with Gasteiger partial charge in [-0.05, 0) is 66.6 Å². The average Bonchev–Trinajstić information content (AvgIpc) is 3.42. The van der Waals surface area contributed by atoms with Gasteiger partial charge in [0.15, 0.2) is 0 Å². The van der Waals surface area contributed by atoms with Gasteiger partial charge in [0, 0.05) is 42.7 Å². The molecule has 2 aliphatic heterocycles. The molecule has 3 aromatic rings. The van der Waals surface area contributed by atoms with Crippen molar-refractivity contribution in [2.24, 2.45) is 0 Å². The van der Waals surface area contributed by atoms with Crippen molar-refractivity contribution in [2.45, 2.75) is 45.2 Å². The molecule has 0 spiro atoms. The molecule has 38 heavy (non-hydrogen) atoms. The van der Waals surface area contributed by atoms with Crippen molar-refractivity contribution in [1.29, 1.82) is 0 Å². The molecule has 0 N–H and O–H groups in total. The number of benzene rings is 2. The standard InChI is InChI=1S/C31H37N3O3S/c1-3-4-19-37-26-12-10-25(11-13-26)31(36)34-18-17-32(21-23(34)2)29(35)22-33-16-14-28-27(15-20-38-28)30(33)24-8-6-5-7-9-24/h5-13,15,20,23,30H,3-4,14,16-19,21-22H2,1-2H3/t23-,30-/m1/s1. The van der Waals surface area contributed by atoms with Crippen LogP contribution < -0.4 is 4.74 Å². The summed E-state index contributed by atoms with van der Waals surface area (Å²) in [6.07, 6.45) is 3.08. The lowest BCUT2D eigenvalue weighted by atomic mass is 9.93. The Morgan fingerprint density at radius 3 is 2.53 bits per heavy atom. The lowest BCUT2D eigenvalue weighted by molar-refractivity contribution is -0.135. The van der Waals surface area contributed by atoms with E-state index >= 15 is 0 Å². The van der Waals surface area contributed by atoms with Crippen LogP contribution in [0, 0.1) is 0 Å². The zero-order chi connectivity index (χ0) is 26.5. The first-order valence-corrected chi connectivity index (χ1v) is 14.6. The molecule has 1 saturated heterocycles. The maximum Gasteiger partial charge on any atom is 0.254 e. The van der Waals surface area contributed by atoms with Gasteiger partial charge < -0.3 is 14.5 Å². The fraction of sp³-hybridized carbons (Fsp3) is 0.419. The van der Waals surface area contributed by atoms with E-state index in [4.69, 9.17) is 4.74 Å². The molecule has 2 aliphatic rings. The van der Waals surface area contributed by atoms with Crippen LogP contribution in [0.5, 0.6) is 5.75 Å². The van der Waals surface area contributed by atoms with Crippen LogP contribution >= 0.6 is 11.3 Å². The predicted octanol–water partition coefficient (Wildman–Crippen LogP) is 5.25. The first-order valence-electron chi connectivity index (χ1n) is 13.7. The Kier molecular flexibility index (Phi) is 8.45. The van der Waals surface area contributed by atoms with Gasteiger partial charge in [-0.15, -0.1) is 11.3 Å². The zero-order valence-corrected chi connectivity index (χ0v) is 23.2. The topological polar surface area (TPSA) is 53.1 Å². The normalized spacial score (nSPS) is 19.7. The summed E-state index contributed by atoms with van der Waals surface area (Å²) in [7, 11) is 0. The molecule has 0 unspecified atom stereocenters. The van der Waals surface area contributed by atoms with Crippen molar-refractivity contribution in [3.63, 3.8) is 0 Å². The predicted molar refractivity (Wildman–Crippen MR) is 152 cm³/mol. The van der Waals surface area contributed by atoms with Crippen LogP contribution in [-0.2, 0) is 11.2 Å². The molecular weight excluding hydrogens is 494 g/mol. The number of carbonyl (C=O) groups excluding carboxylic acids is 2. The van der Waals surface area contributed by atoms with Gasteiger partial charge in [0.25, 0.3) is 5.91 Å². The number of piperazine rings is 1. The summed E-state index contributed by atoms with van der Waals surface area (Å²) in [6, 6.07) is 20.2. The molecule has 0 aliphatic carbocycles. The summed E-state index contributed by atoms with van der Waals surface area (Å²) in [5.41, 5.74) is 3.21. The van der Waals surface area contributed by atoms with Crippen molar-refractivity contribution in [1.82, 2.24) is 14.7 Å². The van der Waals surface area contributed by atoms with E-state index in [0.717, 1.165) is 31.6 Å². The maximum absolute atomic E-state index is 13.5. The Bertz CT molecular complexity index is 1230. The fourth-order valence-corrected chi connectivity index (χ4v) is 6.42. The van der Waals surface area contributed by atoms with Crippen LogP contribution in [0.1, 0.15) is 59.1 Å². The van der Waals surface area contributed by atoms with Crippen molar-refractivity contribution in [3.8, 4) is 5.75 Å². The molecule has 3 heterocycles. The number of hydrogen-bond acceptors (Lipinski definition) is 5. The first-order chi connectivity index (χ1) is 18.5. The number of ether oxygens (including phenoxy) is 1. The van der Waals surface area contributed by atoms with E-state index in [0.29, 0.717) is 38.3 Å². The van der Waals surface area contributed by atoms with E-state index in [1.54, 1.807) is 0 Å². The number of rotatable bonds is 8. The zero-order valence-electron chi connectivity index (χ0n) is 22.3. The van der Waals surface area contributed by atoms with Crippen molar-refractivity contribution in [2.75, 3.05) is 39.3 Å². The van der Waals surface area contributed by atoms with Gasteiger partial charge in [-0.2, -0.15) is 0 Å². The minimum Gasteiger partial charge on any atom is -0.494 e. The second-order valence-electron chi connectivity index (χ2n) is 10.2. The van der Waals surface area contributed by atoms with Crippen molar-refractivity contribution >= 4 is 23.2 Å². The molecule has 5 rings (SSSR count). The smallest absolute Gasteiger partial charge is 0.254 e. The third-order valence-electron chi connectivity index (χ3n) is 7.63. The number of carbonyl (C=O) groups is 2. The van der Waals surface area contributed by atoms with E-state index in [2.05, 4.69) is 47.5 Å². The Hall–Kier alpha value is -3.16. The molecule has 0 radical (unpaired) electrons. The maximum atomic E-state index is 13.5. The third-order valence-corrected chi connectivity index (χ3v) is 8.62. The number of fused-ring (bicyclic) bond motifs is 1. The van der Waals surface area contributed by atoms with Gasteiger partial charge in [-0.1, -0.05) is 43.7 Å². The molecule has 2 amide bonds. The van der Waals surface area contributed by atoms with Crippen LogP contribution in [0.15, 0.2) is 66.0 Å². The molecule has 1 aromatic heterocycles. The van der Waals surface area contributed by atoms with Crippen LogP contribution in [0.25, 0.3) is 0 Å². The molecule has 2 atom stereocenters. The van der Waals surface area contributed by atoms with Crippen LogP contribution in [-0.4, -0.2) is 71.9 Å². The van der Waals surface area contributed by atoms with Crippen LogP contribution in [0.4, 0.5) is 0 Å². The Morgan fingerprint density at radius 1 is 1.00 bits per heavy atom. The molecule has 7 heteroatoms. The number of thiophene rings is 1. The lowest BCUT2D eigenvalue weighted by Crippen LogP contribution is -2.57. The van der Waals surface area contributed by atoms with Gasteiger partial charge in [0.2, 0.25) is 5.91 Å². The first kappa shape index (κ1) is 26.4. The van der Waals surface area contributed by atoms with E-state index in [1.165, 1.54) is 16.0 Å². The monoisotopic (exact) mass is 531 g/mol. The summed E-state index contributed by atoms with van der Waals surface area (Å²) in [4.78, 5) is 34.3. The summed E-state index contributed by atoms with van der Waals surface area (Å²) in [5.74, 6) is 0.937. The van der Waals surface area contributed by atoms with Crippen molar-refractivity contribution < 1.29 is 14.3 Å². The summed E-state index contributed by atoms with van der Waals surface area (Å²) in [6.45, 7) is 7.75. The highest BCUT2D eigenvalue weighted by Gasteiger charge is 2.34. The van der Waals surface area contributed by atoms with Gasteiger partial charge in [-0.25, -0.2) is 0 Å². The number of unbranched alkanes of at least 4 members (excludes halogenated alkanes) is 1. The highest BCUT2D eigenvalue weighted by Crippen LogP contribution is 2.37. The largest absolute Gasteiger partial charge is 0.494 e. The van der Waals surface area contributed by atoms with E-state index in [9.17, 15) is 9.59 Å². The quantitative estimate of drug-likeness (QED) is 0.373. The Labute approximate surface area is 229 Å².